The molecule has 0 aliphatic carbocycles. The number of aliphatic hydroxyl groups excluding tert-OH is 1. The zero-order chi connectivity index (χ0) is 11.1. The van der Waals surface area contributed by atoms with E-state index in [2.05, 4.69) is 15.9 Å². The SMILES string of the molecule is OCCOCCOc1cc(Br)ccc1F. The second-order valence-electron chi connectivity index (χ2n) is 2.76. The van der Waals surface area contributed by atoms with E-state index in [0.29, 0.717) is 6.61 Å². The monoisotopic (exact) mass is 278 g/mol. The molecule has 0 atom stereocenters. The lowest BCUT2D eigenvalue weighted by atomic mass is 10.3. The summed E-state index contributed by atoms with van der Waals surface area (Å²) in [5, 5.41) is 8.43. The lowest BCUT2D eigenvalue weighted by Crippen LogP contribution is -2.09. The topological polar surface area (TPSA) is 38.7 Å². The standard InChI is InChI=1S/C10H12BrFO3/c11-8-1-2-9(12)10(7-8)15-6-5-14-4-3-13/h1-2,7,13H,3-6H2. The van der Waals surface area contributed by atoms with Crippen LogP contribution in [0.25, 0.3) is 0 Å². The molecule has 0 radical (unpaired) electrons. The van der Waals surface area contributed by atoms with Crippen LogP contribution in [0.1, 0.15) is 0 Å². The second-order valence-corrected chi connectivity index (χ2v) is 3.67. The van der Waals surface area contributed by atoms with Gasteiger partial charge in [0.15, 0.2) is 11.6 Å². The van der Waals surface area contributed by atoms with Gasteiger partial charge in [-0.1, -0.05) is 15.9 Å². The summed E-state index contributed by atoms with van der Waals surface area (Å²) in [6, 6.07) is 4.49. The number of hydrogen-bond acceptors (Lipinski definition) is 3. The van der Waals surface area contributed by atoms with E-state index in [1.807, 2.05) is 0 Å². The van der Waals surface area contributed by atoms with Crippen LogP contribution in [0.15, 0.2) is 22.7 Å². The maximum absolute atomic E-state index is 13.1. The van der Waals surface area contributed by atoms with Crippen molar-refractivity contribution in [3.05, 3.63) is 28.5 Å². The molecular weight excluding hydrogens is 267 g/mol. The highest BCUT2D eigenvalue weighted by Crippen LogP contribution is 2.21. The Hall–Kier alpha value is -0.650. The summed E-state index contributed by atoms with van der Waals surface area (Å²) in [5.74, 6) is -0.211. The fraction of sp³-hybridized carbons (Fsp3) is 0.400. The minimum atomic E-state index is -0.402. The Bertz CT molecular complexity index is 307. The molecule has 0 saturated carbocycles. The molecule has 1 aromatic carbocycles. The van der Waals surface area contributed by atoms with Crippen LogP contribution in [-0.2, 0) is 4.74 Å². The van der Waals surface area contributed by atoms with Crippen LogP contribution in [0.2, 0.25) is 0 Å². The molecule has 0 fully saturated rings. The van der Waals surface area contributed by atoms with Gasteiger partial charge in [-0.3, -0.25) is 0 Å². The van der Waals surface area contributed by atoms with E-state index >= 15 is 0 Å². The Morgan fingerprint density at radius 3 is 2.80 bits per heavy atom. The maximum Gasteiger partial charge on any atom is 0.165 e. The highest BCUT2D eigenvalue weighted by Gasteiger charge is 2.03. The molecule has 0 saturated heterocycles. The van der Waals surface area contributed by atoms with Crippen LogP contribution in [0.4, 0.5) is 4.39 Å². The van der Waals surface area contributed by atoms with Gasteiger partial charge in [0.05, 0.1) is 19.8 Å². The van der Waals surface area contributed by atoms with Gasteiger partial charge in [0, 0.05) is 4.47 Å². The summed E-state index contributed by atoms with van der Waals surface area (Å²) in [4.78, 5) is 0. The minimum Gasteiger partial charge on any atom is -0.488 e. The van der Waals surface area contributed by atoms with Crippen LogP contribution in [-0.4, -0.2) is 31.5 Å². The third-order valence-corrected chi connectivity index (χ3v) is 2.11. The summed E-state index contributed by atoms with van der Waals surface area (Å²) in [6.07, 6.45) is 0. The first kappa shape index (κ1) is 12.4. The zero-order valence-corrected chi connectivity index (χ0v) is 9.67. The Morgan fingerprint density at radius 2 is 2.07 bits per heavy atom. The van der Waals surface area contributed by atoms with Crippen molar-refractivity contribution < 1.29 is 19.0 Å². The van der Waals surface area contributed by atoms with E-state index in [0.717, 1.165) is 4.47 Å². The first-order valence-corrected chi connectivity index (χ1v) is 5.30. The van der Waals surface area contributed by atoms with Crippen molar-refractivity contribution in [3.8, 4) is 5.75 Å². The van der Waals surface area contributed by atoms with Crippen molar-refractivity contribution in [2.24, 2.45) is 0 Å². The molecule has 0 aromatic heterocycles. The van der Waals surface area contributed by atoms with Gasteiger partial charge in [-0.2, -0.15) is 0 Å². The average molecular weight is 279 g/mol. The molecule has 1 rings (SSSR count). The van der Waals surface area contributed by atoms with Crippen LogP contribution in [0.3, 0.4) is 0 Å². The molecule has 0 aliphatic rings. The van der Waals surface area contributed by atoms with Gasteiger partial charge >= 0.3 is 0 Å². The summed E-state index contributed by atoms with van der Waals surface area (Å²) in [6.45, 7) is 0.829. The largest absolute Gasteiger partial charge is 0.488 e. The molecular formula is C10H12BrFO3. The molecule has 0 unspecified atom stereocenters. The number of halogens is 2. The third-order valence-electron chi connectivity index (χ3n) is 1.61. The van der Waals surface area contributed by atoms with Gasteiger partial charge in [0.2, 0.25) is 0 Å². The Kier molecular flexibility index (Phi) is 5.60. The van der Waals surface area contributed by atoms with E-state index in [-0.39, 0.29) is 25.6 Å². The average Bonchev–Trinajstić information content (AvgIpc) is 2.23. The number of aliphatic hydroxyl groups is 1. The second kappa shape index (κ2) is 6.76. The molecule has 0 aliphatic heterocycles. The maximum atomic E-state index is 13.1. The zero-order valence-electron chi connectivity index (χ0n) is 8.08. The summed E-state index contributed by atoms with van der Waals surface area (Å²) < 4.78 is 24.0. The molecule has 1 N–H and O–H groups in total. The van der Waals surface area contributed by atoms with Gasteiger partial charge in [-0.05, 0) is 18.2 Å². The first-order valence-electron chi connectivity index (χ1n) is 4.50. The van der Waals surface area contributed by atoms with Crippen molar-refractivity contribution in [2.75, 3.05) is 26.4 Å². The Balaban J connectivity index is 2.33. The van der Waals surface area contributed by atoms with E-state index in [1.54, 1.807) is 12.1 Å². The Morgan fingerprint density at radius 1 is 1.27 bits per heavy atom. The fourth-order valence-electron chi connectivity index (χ4n) is 0.965. The molecule has 3 nitrogen and oxygen atoms in total. The number of hydrogen-bond donors (Lipinski definition) is 1. The molecule has 1 aromatic rings. The third kappa shape index (κ3) is 4.59. The van der Waals surface area contributed by atoms with Gasteiger partial charge in [0.1, 0.15) is 6.61 Å². The van der Waals surface area contributed by atoms with Crippen molar-refractivity contribution >= 4 is 15.9 Å². The molecule has 0 bridgehead atoms. The normalized spacial score (nSPS) is 10.3. The number of benzene rings is 1. The van der Waals surface area contributed by atoms with Gasteiger partial charge in [-0.15, -0.1) is 0 Å². The number of ether oxygens (including phenoxy) is 2. The van der Waals surface area contributed by atoms with Crippen LogP contribution >= 0.6 is 15.9 Å². The van der Waals surface area contributed by atoms with Crippen LogP contribution < -0.4 is 4.74 Å². The summed E-state index contributed by atoms with van der Waals surface area (Å²) in [5.41, 5.74) is 0. The smallest absolute Gasteiger partial charge is 0.165 e. The predicted octanol–water partition coefficient (Wildman–Crippen LogP) is 1.98. The van der Waals surface area contributed by atoms with Gasteiger partial charge in [-0.25, -0.2) is 4.39 Å². The van der Waals surface area contributed by atoms with Crippen molar-refractivity contribution in [1.82, 2.24) is 0 Å². The van der Waals surface area contributed by atoms with Crippen LogP contribution in [0.5, 0.6) is 5.75 Å². The lowest BCUT2D eigenvalue weighted by Gasteiger charge is -2.07. The van der Waals surface area contributed by atoms with E-state index in [4.69, 9.17) is 14.6 Å². The summed E-state index contributed by atoms with van der Waals surface area (Å²) in [7, 11) is 0. The molecule has 84 valence electrons. The molecule has 0 amide bonds. The summed E-state index contributed by atoms with van der Waals surface area (Å²) >= 11 is 3.22. The quantitative estimate of drug-likeness (QED) is 0.809. The first-order chi connectivity index (χ1) is 7.24. The van der Waals surface area contributed by atoms with Crippen molar-refractivity contribution in [3.63, 3.8) is 0 Å². The van der Waals surface area contributed by atoms with Gasteiger partial charge < -0.3 is 14.6 Å². The minimum absolute atomic E-state index is 0.0226. The highest BCUT2D eigenvalue weighted by atomic mass is 79.9. The van der Waals surface area contributed by atoms with E-state index in [1.165, 1.54) is 6.07 Å². The number of rotatable bonds is 6. The predicted molar refractivity (Wildman–Crippen MR) is 57.5 cm³/mol. The van der Waals surface area contributed by atoms with Crippen molar-refractivity contribution in [1.29, 1.82) is 0 Å². The van der Waals surface area contributed by atoms with Crippen LogP contribution in [0, 0.1) is 5.82 Å². The van der Waals surface area contributed by atoms with E-state index < -0.39 is 5.82 Å². The molecule has 15 heavy (non-hydrogen) atoms. The highest BCUT2D eigenvalue weighted by molar-refractivity contribution is 9.10. The Labute approximate surface area is 95.9 Å². The lowest BCUT2D eigenvalue weighted by molar-refractivity contribution is 0.0696. The van der Waals surface area contributed by atoms with E-state index in [9.17, 15) is 4.39 Å². The van der Waals surface area contributed by atoms with Crippen molar-refractivity contribution in [2.45, 2.75) is 0 Å². The van der Waals surface area contributed by atoms with Gasteiger partial charge in [0.25, 0.3) is 0 Å². The molecule has 0 heterocycles. The molecule has 0 spiro atoms. The molecule has 5 heteroatoms. The fourth-order valence-corrected chi connectivity index (χ4v) is 1.31.